The molecule has 96 valence electrons. The first-order valence-electron chi connectivity index (χ1n) is 4.76. The van der Waals surface area contributed by atoms with Crippen LogP contribution in [0.1, 0.15) is 18.1 Å². The molecule has 0 bridgehead atoms. The molecule has 0 saturated heterocycles. The van der Waals surface area contributed by atoms with Crippen molar-refractivity contribution < 1.29 is 27.8 Å². The van der Waals surface area contributed by atoms with Crippen molar-refractivity contribution in [2.75, 3.05) is 0 Å². The second-order valence-corrected chi connectivity index (χ2v) is 3.42. The Kier molecular flexibility index (Phi) is 3.81. The van der Waals surface area contributed by atoms with Gasteiger partial charge in [-0.05, 0) is 25.1 Å². The van der Waals surface area contributed by atoms with E-state index in [2.05, 4.69) is 0 Å². The number of rotatable bonds is 3. The van der Waals surface area contributed by atoms with Crippen molar-refractivity contribution in [3.8, 4) is 11.8 Å². The first-order valence-corrected chi connectivity index (χ1v) is 4.76. The third kappa shape index (κ3) is 3.13. The topological polar surface area (TPSA) is 70.3 Å². The van der Waals surface area contributed by atoms with Gasteiger partial charge in [0.1, 0.15) is 5.75 Å². The van der Waals surface area contributed by atoms with Gasteiger partial charge in [0.2, 0.25) is 0 Å². The molecule has 0 spiro atoms. The van der Waals surface area contributed by atoms with Crippen LogP contribution in [0.5, 0.6) is 5.75 Å². The van der Waals surface area contributed by atoms with Gasteiger partial charge >= 0.3 is 12.1 Å². The number of hydrogen-bond donors (Lipinski definition) is 1. The Bertz CT molecular complexity index is 505. The van der Waals surface area contributed by atoms with Crippen molar-refractivity contribution in [2.24, 2.45) is 0 Å². The van der Waals surface area contributed by atoms with E-state index < -0.39 is 29.6 Å². The summed E-state index contributed by atoms with van der Waals surface area (Å²) in [6, 6.07) is 4.24. The van der Waals surface area contributed by atoms with Crippen molar-refractivity contribution in [3.63, 3.8) is 0 Å². The number of alkyl halides is 3. The molecule has 1 aromatic rings. The zero-order valence-corrected chi connectivity index (χ0v) is 9.15. The van der Waals surface area contributed by atoms with Crippen molar-refractivity contribution in [1.82, 2.24) is 0 Å². The molecule has 0 aliphatic carbocycles. The number of ether oxygens (including phenoxy) is 1. The average Bonchev–Trinajstić information content (AvgIpc) is 2.27. The highest BCUT2D eigenvalue weighted by Crippen LogP contribution is 2.37. The second-order valence-electron chi connectivity index (χ2n) is 3.42. The van der Waals surface area contributed by atoms with Gasteiger partial charge in [-0.3, -0.25) is 0 Å². The zero-order valence-electron chi connectivity index (χ0n) is 9.15. The lowest BCUT2D eigenvalue weighted by Gasteiger charge is -2.16. The molecule has 0 aliphatic heterocycles. The van der Waals surface area contributed by atoms with Crippen LogP contribution < -0.4 is 4.74 Å². The number of carboxylic acids is 1. The third-order valence-corrected chi connectivity index (χ3v) is 2.07. The molecule has 0 aliphatic rings. The molecule has 1 atom stereocenters. The molecule has 0 aromatic heterocycles. The summed E-state index contributed by atoms with van der Waals surface area (Å²) in [7, 11) is 0. The summed E-state index contributed by atoms with van der Waals surface area (Å²) in [5.74, 6) is -2.00. The lowest BCUT2D eigenvalue weighted by atomic mass is 10.1. The Labute approximate surface area is 100 Å². The van der Waals surface area contributed by atoms with Crippen molar-refractivity contribution in [3.05, 3.63) is 29.3 Å². The van der Waals surface area contributed by atoms with E-state index in [1.807, 2.05) is 0 Å². The highest BCUT2D eigenvalue weighted by molar-refractivity contribution is 5.72. The highest BCUT2D eigenvalue weighted by atomic mass is 19.4. The van der Waals surface area contributed by atoms with Gasteiger partial charge in [-0.15, -0.1) is 0 Å². The fourth-order valence-electron chi connectivity index (χ4n) is 1.16. The molecular formula is C11H8F3NO3. The van der Waals surface area contributed by atoms with E-state index in [9.17, 15) is 18.0 Å². The fourth-order valence-corrected chi connectivity index (χ4v) is 1.16. The molecule has 7 heteroatoms. The van der Waals surface area contributed by atoms with Gasteiger partial charge in [0.25, 0.3) is 0 Å². The van der Waals surface area contributed by atoms with Gasteiger partial charge < -0.3 is 9.84 Å². The lowest BCUT2D eigenvalue weighted by molar-refractivity contribution is -0.147. The lowest BCUT2D eigenvalue weighted by Crippen LogP contribution is -2.24. The number of carbonyl (C=O) groups is 1. The summed E-state index contributed by atoms with van der Waals surface area (Å²) in [5, 5.41) is 17.1. The molecule has 0 amide bonds. The third-order valence-electron chi connectivity index (χ3n) is 2.07. The summed E-state index contributed by atoms with van der Waals surface area (Å²) < 4.78 is 42.7. The van der Waals surface area contributed by atoms with Crippen LogP contribution in [-0.2, 0) is 11.0 Å². The molecule has 0 heterocycles. The summed E-state index contributed by atoms with van der Waals surface area (Å²) >= 11 is 0. The standard InChI is InChI=1S/C11H8F3NO3/c1-6(10(16)17)18-9-3-2-7(5-15)4-8(9)11(12,13)14/h2-4,6H,1H3,(H,16,17)/t6-/m0/s1. The molecule has 1 N–H and O–H groups in total. The van der Waals surface area contributed by atoms with Gasteiger partial charge in [0.15, 0.2) is 6.10 Å². The maximum atomic E-state index is 12.7. The number of benzene rings is 1. The molecule has 0 saturated carbocycles. The Morgan fingerprint density at radius 3 is 2.56 bits per heavy atom. The van der Waals surface area contributed by atoms with Crippen LogP contribution in [0.2, 0.25) is 0 Å². The van der Waals surface area contributed by atoms with E-state index >= 15 is 0 Å². The number of aliphatic carboxylic acids is 1. The molecule has 0 fully saturated rings. The smallest absolute Gasteiger partial charge is 0.420 e. The van der Waals surface area contributed by atoms with Crippen molar-refractivity contribution in [2.45, 2.75) is 19.2 Å². The van der Waals surface area contributed by atoms with Gasteiger partial charge in [-0.2, -0.15) is 18.4 Å². The van der Waals surface area contributed by atoms with E-state index in [4.69, 9.17) is 15.1 Å². The van der Waals surface area contributed by atoms with Crippen LogP contribution in [0.3, 0.4) is 0 Å². The first-order chi connectivity index (χ1) is 8.25. The summed E-state index contributed by atoms with van der Waals surface area (Å²) in [6.45, 7) is 1.11. The molecule has 18 heavy (non-hydrogen) atoms. The quantitative estimate of drug-likeness (QED) is 0.904. The Morgan fingerprint density at radius 2 is 2.11 bits per heavy atom. The van der Waals surface area contributed by atoms with E-state index in [0.717, 1.165) is 19.1 Å². The number of halogens is 3. The maximum Gasteiger partial charge on any atom is 0.420 e. The van der Waals surface area contributed by atoms with Crippen LogP contribution in [0.25, 0.3) is 0 Å². The minimum atomic E-state index is -4.72. The fraction of sp³-hybridized carbons (Fsp3) is 0.273. The van der Waals surface area contributed by atoms with E-state index in [1.165, 1.54) is 0 Å². The average molecular weight is 259 g/mol. The van der Waals surface area contributed by atoms with Crippen molar-refractivity contribution >= 4 is 5.97 Å². The minimum absolute atomic E-state index is 0.183. The van der Waals surface area contributed by atoms with Crippen LogP contribution in [-0.4, -0.2) is 17.2 Å². The minimum Gasteiger partial charge on any atom is -0.479 e. The molecule has 0 radical (unpaired) electrons. The summed E-state index contributed by atoms with van der Waals surface area (Å²) in [6.07, 6.45) is -6.14. The van der Waals surface area contributed by atoms with Crippen LogP contribution in [0.15, 0.2) is 18.2 Å². The van der Waals surface area contributed by atoms with E-state index in [-0.39, 0.29) is 5.56 Å². The summed E-state index contributed by atoms with van der Waals surface area (Å²) in [5.41, 5.74) is -1.35. The van der Waals surface area contributed by atoms with Crippen molar-refractivity contribution in [1.29, 1.82) is 5.26 Å². The Morgan fingerprint density at radius 1 is 1.50 bits per heavy atom. The van der Waals surface area contributed by atoms with Gasteiger partial charge in [0.05, 0.1) is 17.2 Å². The molecule has 1 aromatic carbocycles. The maximum absolute atomic E-state index is 12.7. The second kappa shape index (κ2) is 4.96. The highest BCUT2D eigenvalue weighted by Gasteiger charge is 2.35. The molecule has 0 unspecified atom stereocenters. The molecular weight excluding hydrogens is 251 g/mol. The van der Waals surface area contributed by atoms with Gasteiger partial charge in [-0.1, -0.05) is 0 Å². The molecule has 4 nitrogen and oxygen atoms in total. The monoisotopic (exact) mass is 259 g/mol. The van der Waals surface area contributed by atoms with E-state index in [0.29, 0.717) is 6.07 Å². The predicted molar refractivity (Wildman–Crippen MR) is 53.9 cm³/mol. The van der Waals surface area contributed by atoms with E-state index in [1.54, 1.807) is 6.07 Å². The van der Waals surface area contributed by atoms with Crippen LogP contribution in [0.4, 0.5) is 13.2 Å². The first kappa shape index (κ1) is 13.8. The SMILES string of the molecule is C[C@H](Oc1ccc(C#N)cc1C(F)(F)F)C(=O)O. The van der Waals surface area contributed by atoms with Gasteiger partial charge in [-0.25, -0.2) is 4.79 Å². The number of hydrogen-bond acceptors (Lipinski definition) is 3. The Balaban J connectivity index is 3.20. The number of nitrogens with zero attached hydrogens (tertiary/aromatic N) is 1. The largest absolute Gasteiger partial charge is 0.479 e. The van der Waals surface area contributed by atoms with Gasteiger partial charge in [0, 0.05) is 0 Å². The number of nitriles is 1. The number of carboxylic acid groups (broad SMARTS) is 1. The normalized spacial score (nSPS) is 12.6. The van der Waals surface area contributed by atoms with Crippen LogP contribution in [0, 0.1) is 11.3 Å². The van der Waals surface area contributed by atoms with Crippen LogP contribution >= 0.6 is 0 Å². The predicted octanol–water partition coefficient (Wildman–Crippen LogP) is 2.43. The summed E-state index contributed by atoms with van der Waals surface area (Å²) in [4.78, 5) is 10.5. The Hall–Kier alpha value is -2.23. The zero-order chi connectivity index (χ0) is 13.9. The molecule has 1 rings (SSSR count).